The van der Waals surface area contributed by atoms with Gasteiger partial charge in [-0.15, -0.1) is 11.3 Å². The minimum atomic E-state index is -0.114. The zero-order chi connectivity index (χ0) is 68.2. The molecular formula is C98H106OS. The van der Waals surface area contributed by atoms with Gasteiger partial charge in [-0.1, -0.05) is 302 Å². The van der Waals surface area contributed by atoms with Crippen molar-refractivity contribution in [1.82, 2.24) is 0 Å². The van der Waals surface area contributed by atoms with Crippen LogP contribution in [-0.2, 0) is 10.8 Å². The van der Waals surface area contributed by atoms with Gasteiger partial charge >= 0.3 is 0 Å². The molecule has 0 aliphatic heterocycles. The van der Waals surface area contributed by atoms with E-state index in [1.807, 2.05) is 11.3 Å². The highest BCUT2D eigenvalue weighted by Gasteiger charge is 2.44. The Morgan fingerprint density at radius 3 is 1.18 bits per heavy atom. The van der Waals surface area contributed by atoms with Crippen molar-refractivity contribution in [3.05, 3.63) is 228 Å². The molecule has 100 heavy (non-hydrogen) atoms. The van der Waals surface area contributed by atoms with Crippen LogP contribution in [0.15, 0.2) is 199 Å². The lowest BCUT2D eigenvalue weighted by Gasteiger charge is -2.33. The van der Waals surface area contributed by atoms with Gasteiger partial charge in [0, 0.05) is 41.8 Å². The first-order chi connectivity index (χ1) is 49.1. The van der Waals surface area contributed by atoms with Gasteiger partial charge in [0.25, 0.3) is 0 Å². The quantitative estimate of drug-likeness (QED) is 0.0303. The van der Waals surface area contributed by atoms with Gasteiger partial charge in [0.15, 0.2) is 0 Å². The summed E-state index contributed by atoms with van der Waals surface area (Å²) < 4.78 is 9.07. The van der Waals surface area contributed by atoms with E-state index in [9.17, 15) is 0 Å². The van der Waals surface area contributed by atoms with Crippen LogP contribution in [0.5, 0.6) is 0 Å². The molecule has 0 amide bonds. The molecule has 2 heterocycles. The molecule has 2 aliphatic rings. The van der Waals surface area contributed by atoms with Crippen molar-refractivity contribution >= 4 is 75.0 Å². The first-order valence-corrected chi connectivity index (χ1v) is 40.4. The Morgan fingerprint density at radius 2 is 0.650 bits per heavy atom. The van der Waals surface area contributed by atoms with Gasteiger partial charge in [-0.05, 0) is 235 Å². The largest absolute Gasteiger partial charge is 0.456 e. The highest BCUT2D eigenvalue weighted by molar-refractivity contribution is 7.25. The molecule has 15 rings (SSSR count). The SMILES string of the molecule is CCCCCCCCC1(CCCCCCCC)c2cc(C)ccc2-c2ccc(-c3cc(-c4ccc5c(c4)C(CCCCCCCC)(CCCCCCCC)c4cc(-c6ccc7cc8cc(C)ccc8cc7c6)ccc4-5)cc(-c4ccc5sc6cc7oc8ccccc8c7cc6c5c4)c3)cc21. The number of furan rings is 1. The molecule has 510 valence electrons. The van der Waals surface area contributed by atoms with Gasteiger partial charge in [-0.25, -0.2) is 0 Å². The molecule has 0 radical (unpaired) electrons. The van der Waals surface area contributed by atoms with Crippen LogP contribution in [0.3, 0.4) is 0 Å². The fraction of sp³-hybridized carbons (Fsp3) is 0.367. The zero-order valence-corrected chi connectivity index (χ0v) is 61.9. The van der Waals surface area contributed by atoms with E-state index < -0.39 is 0 Å². The molecule has 0 fully saturated rings. The molecule has 0 saturated heterocycles. The zero-order valence-electron chi connectivity index (χ0n) is 61.1. The van der Waals surface area contributed by atoms with E-state index in [4.69, 9.17) is 4.42 Å². The average Bonchev–Trinajstić information content (AvgIpc) is 1.56. The van der Waals surface area contributed by atoms with Crippen LogP contribution in [0.2, 0.25) is 0 Å². The van der Waals surface area contributed by atoms with E-state index >= 15 is 0 Å². The monoisotopic (exact) mass is 1330 g/mol. The maximum atomic E-state index is 6.49. The highest BCUT2D eigenvalue weighted by atomic mass is 32.1. The minimum Gasteiger partial charge on any atom is -0.456 e. The van der Waals surface area contributed by atoms with Gasteiger partial charge in [-0.2, -0.15) is 0 Å². The van der Waals surface area contributed by atoms with Crippen molar-refractivity contribution < 1.29 is 4.42 Å². The lowest BCUT2D eigenvalue weighted by molar-refractivity contribution is 0.398. The second kappa shape index (κ2) is 30.3. The van der Waals surface area contributed by atoms with Gasteiger partial charge in [0.05, 0.1) is 0 Å². The third-order valence-corrected chi connectivity index (χ3v) is 25.0. The molecular weight excluding hydrogens is 1230 g/mol. The normalized spacial score (nSPS) is 13.6. The van der Waals surface area contributed by atoms with Crippen molar-refractivity contribution in [3.8, 4) is 66.8 Å². The van der Waals surface area contributed by atoms with Crippen LogP contribution >= 0.6 is 11.3 Å². The number of hydrogen-bond acceptors (Lipinski definition) is 2. The first-order valence-electron chi connectivity index (χ1n) is 39.6. The molecule has 2 aromatic heterocycles. The van der Waals surface area contributed by atoms with E-state index in [1.165, 1.54) is 310 Å². The number of hydrogen-bond donors (Lipinski definition) is 0. The lowest BCUT2D eigenvalue weighted by Crippen LogP contribution is -2.25. The predicted molar refractivity (Wildman–Crippen MR) is 437 cm³/mol. The fourth-order valence-electron chi connectivity index (χ4n) is 18.4. The molecule has 0 spiro atoms. The third-order valence-electron chi connectivity index (χ3n) is 23.9. The highest BCUT2D eigenvalue weighted by Crippen LogP contribution is 2.58. The first kappa shape index (κ1) is 67.8. The number of thiophene rings is 1. The van der Waals surface area contributed by atoms with E-state index in [1.54, 1.807) is 22.3 Å². The summed E-state index contributed by atoms with van der Waals surface area (Å²) in [4.78, 5) is 0. The van der Waals surface area contributed by atoms with Gasteiger partial charge in [0.1, 0.15) is 11.2 Å². The summed E-state index contributed by atoms with van der Waals surface area (Å²) in [7, 11) is 0. The summed E-state index contributed by atoms with van der Waals surface area (Å²) >= 11 is 1.88. The van der Waals surface area contributed by atoms with Gasteiger partial charge < -0.3 is 4.42 Å². The Kier molecular flexibility index (Phi) is 20.5. The smallest absolute Gasteiger partial charge is 0.136 e. The van der Waals surface area contributed by atoms with Crippen LogP contribution < -0.4 is 0 Å². The second-order valence-electron chi connectivity index (χ2n) is 30.9. The molecule has 2 heteroatoms. The average molecular weight is 1330 g/mol. The predicted octanol–water partition coefficient (Wildman–Crippen LogP) is 31.1. The molecule has 0 saturated carbocycles. The minimum absolute atomic E-state index is 0.0218. The fourth-order valence-corrected chi connectivity index (χ4v) is 19.5. The van der Waals surface area contributed by atoms with Crippen molar-refractivity contribution in [1.29, 1.82) is 0 Å². The molecule has 13 aromatic rings. The van der Waals surface area contributed by atoms with E-state index in [2.05, 4.69) is 236 Å². The standard InChI is InChI=1S/C98H106OS/c1-7-11-15-19-23-29-49-97(50-30-24-20-16-12-8-2)89-54-68(6)36-44-81(89)82-46-41-74(63-91(82)97)79-58-78(72-43-48-95-87(61-72)88-65-86-85-33-27-28-34-93(85)99-94(86)66-96(88)100-95)59-80(60-79)75-42-47-84-83-45-40-73(69-38-39-71-56-76-53-67(5)35-37-70(76)57-77(71)55-69)62-90(83)98(92(84)64-75,51-31-25-21-17-13-9-3)52-32-26-22-18-14-10-4/h27-28,33-48,53-66H,7-26,29-32,49-52H2,1-6H3. The van der Waals surface area contributed by atoms with Crippen LogP contribution in [0.4, 0.5) is 0 Å². The van der Waals surface area contributed by atoms with Crippen LogP contribution in [-0.4, -0.2) is 0 Å². The van der Waals surface area contributed by atoms with Crippen LogP contribution in [0.25, 0.3) is 130 Å². The number of para-hydroxylation sites is 1. The summed E-state index contributed by atoms with van der Waals surface area (Å²) in [6, 6.07) is 77.8. The third kappa shape index (κ3) is 13.5. The molecule has 1 nitrogen and oxygen atoms in total. The van der Waals surface area contributed by atoms with E-state index in [0.717, 1.165) is 11.2 Å². The molecule has 0 bridgehead atoms. The van der Waals surface area contributed by atoms with E-state index in [0.29, 0.717) is 0 Å². The summed E-state index contributed by atoms with van der Waals surface area (Å²) in [5.41, 5.74) is 26.9. The van der Waals surface area contributed by atoms with Gasteiger partial charge in [-0.3, -0.25) is 0 Å². The van der Waals surface area contributed by atoms with Gasteiger partial charge in [0.2, 0.25) is 0 Å². The maximum absolute atomic E-state index is 6.49. The number of aryl methyl sites for hydroxylation is 2. The Hall–Kier alpha value is -8.04. The Balaban J connectivity index is 0.889. The topological polar surface area (TPSA) is 13.1 Å². The summed E-state index contributed by atoms with van der Waals surface area (Å²) in [6.07, 6.45) is 36.0. The molecule has 0 N–H and O–H groups in total. The number of rotatable bonds is 32. The second-order valence-corrected chi connectivity index (χ2v) is 32.0. The molecule has 0 unspecified atom stereocenters. The van der Waals surface area contributed by atoms with Crippen LogP contribution in [0, 0.1) is 13.8 Å². The number of unbranched alkanes of at least 4 members (excludes halogenated alkanes) is 20. The Morgan fingerprint density at radius 1 is 0.260 bits per heavy atom. The number of fused-ring (bicyclic) bond motifs is 14. The van der Waals surface area contributed by atoms with Crippen molar-refractivity contribution in [2.75, 3.05) is 0 Å². The summed E-state index contributed by atoms with van der Waals surface area (Å²) in [5.74, 6) is 0. The van der Waals surface area contributed by atoms with Crippen molar-refractivity contribution in [3.63, 3.8) is 0 Å². The van der Waals surface area contributed by atoms with Crippen molar-refractivity contribution in [2.24, 2.45) is 0 Å². The van der Waals surface area contributed by atoms with Crippen LogP contribution in [0.1, 0.15) is 241 Å². The lowest BCUT2D eigenvalue weighted by atomic mass is 9.69. The Labute approximate surface area is 601 Å². The summed E-state index contributed by atoms with van der Waals surface area (Å²) in [5, 5.41) is 10.2. The molecule has 0 atom stereocenters. The molecule has 2 aliphatic carbocycles. The molecule has 11 aromatic carbocycles. The van der Waals surface area contributed by atoms with Crippen molar-refractivity contribution in [2.45, 2.75) is 232 Å². The maximum Gasteiger partial charge on any atom is 0.136 e. The Bertz CT molecular complexity index is 5050. The number of benzene rings is 11. The summed E-state index contributed by atoms with van der Waals surface area (Å²) in [6.45, 7) is 13.9. The van der Waals surface area contributed by atoms with E-state index in [-0.39, 0.29) is 10.8 Å².